The Morgan fingerprint density at radius 1 is 1.47 bits per heavy atom. The van der Waals surface area contributed by atoms with E-state index in [1.807, 2.05) is 0 Å². The van der Waals surface area contributed by atoms with E-state index in [0.717, 1.165) is 6.07 Å². The van der Waals surface area contributed by atoms with Gasteiger partial charge in [0, 0.05) is 18.3 Å². The number of carboxylic acids is 1. The zero-order valence-corrected chi connectivity index (χ0v) is 10.5. The third-order valence-corrected chi connectivity index (χ3v) is 3.58. The number of hydrogen-bond donors (Lipinski definition) is 2. The average Bonchev–Trinajstić information content (AvgIpc) is 2.73. The Labute approximate surface area is 109 Å². The average molecular weight is 266 g/mol. The number of rotatable bonds is 2. The number of hydrogen-bond acceptors (Lipinski definition) is 3. The number of nitrogens with two attached hydrogens (primary N) is 1. The number of benzene rings is 1. The Balaban J connectivity index is 2.26. The number of nitrogens with zero attached hydrogens (tertiary/aromatic N) is 1. The quantitative estimate of drug-likeness (QED) is 0.791. The van der Waals surface area contributed by atoms with Gasteiger partial charge in [0.2, 0.25) is 0 Å². The maximum atomic E-state index is 13.2. The molecule has 0 aromatic heterocycles. The minimum Gasteiger partial charge on any atom is -0.481 e. The monoisotopic (exact) mass is 266 g/mol. The highest BCUT2D eigenvalue weighted by Crippen LogP contribution is 2.27. The number of amides is 1. The van der Waals surface area contributed by atoms with Crippen molar-refractivity contribution in [1.82, 2.24) is 4.90 Å². The first-order valence-electron chi connectivity index (χ1n) is 6.00. The van der Waals surface area contributed by atoms with Crippen LogP contribution >= 0.6 is 0 Å². The summed E-state index contributed by atoms with van der Waals surface area (Å²) < 4.78 is 13.2. The van der Waals surface area contributed by atoms with Crippen molar-refractivity contribution in [2.75, 3.05) is 12.3 Å². The molecule has 1 aromatic rings. The lowest BCUT2D eigenvalue weighted by Crippen LogP contribution is -2.38. The molecule has 3 N–H and O–H groups in total. The molecule has 1 aliphatic rings. The Kier molecular flexibility index (Phi) is 3.42. The molecule has 0 spiro atoms. The molecule has 0 saturated carbocycles. The molecule has 1 heterocycles. The fourth-order valence-corrected chi connectivity index (χ4v) is 2.42. The van der Waals surface area contributed by atoms with Crippen LogP contribution in [-0.4, -0.2) is 34.5 Å². The van der Waals surface area contributed by atoms with Gasteiger partial charge < -0.3 is 15.7 Å². The van der Waals surface area contributed by atoms with Crippen molar-refractivity contribution < 1.29 is 19.1 Å². The Morgan fingerprint density at radius 3 is 2.74 bits per heavy atom. The minimum absolute atomic E-state index is 0.0814. The second-order valence-corrected chi connectivity index (χ2v) is 4.70. The van der Waals surface area contributed by atoms with E-state index in [9.17, 15) is 14.0 Å². The number of carboxylic acid groups (broad SMARTS) is 1. The molecular formula is C13H15FN2O3. The molecule has 0 radical (unpaired) electrons. The summed E-state index contributed by atoms with van der Waals surface area (Å²) in [4.78, 5) is 24.7. The minimum atomic E-state index is -0.921. The van der Waals surface area contributed by atoms with Crippen molar-refractivity contribution in [3.63, 3.8) is 0 Å². The largest absolute Gasteiger partial charge is 0.481 e. The van der Waals surface area contributed by atoms with Crippen LogP contribution in [0.4, 0.5) is 10.1 Å². The van der Waals surface area contributed by atoms with Crippen molar-refractivity contribution >= 4 is 17.6 Å². The Bertz CT molecular complexity index is 533. The van der Waals surface area contributed by atoms with Crippen molar-refractivity contribution in [3.8, 4) is 0 Å². The fourth-order valence-electron chi connectivity index (χ4n) is 2.42. The van der Waals surface area contributed by atoms with Gasteiger partial charge in [-0.05, 0) is 31.5 Å². The molecule has 0 bridgehead atoms. The summed E-state index contributed by atoms with van der Waals surface area (Å²) in [5, 5.41) is 9.03. The number of aliphatic carboxylic acids is 1. The normalized spacial score (nSPS) is 22.5. The molecule has 2 atom stereocenters. The third kappa shape index (κ3) is 2.38. The van der Waals surface area contributed by atoms with Gasteiger partial charge >= 0.3 is 5.97 Å². The SMILES string of the molecule is CC1C(C(=O)O)CCN1C(=O)c1cc(F)ccc1N. The molecular weight excluding hydrogens is 251 g/mol. The number of nitrogen functional groups attached to an aromatic ring is 1. The summed E-state index contributed by atoms with van der Waals surface area (Å²) in [6, 6.07) is 3.17. The van der Waals surface area contributed by atoms with E-state index >= 15 is 0 Å². The van der Waals surface area contributed by atoms with E-state index in [0.29, 0.717) is 13.0 Å². The van der Waals surface area contributed by atoms with E-state index < -0.39 is 29.7 Å². The highest BCUT2D eigenvalue weighted by molar-refractivity contribution is 5.99. The number of carbonyl (C=O) groups excluding carboxylic acids is 1. The van der Waals surface area contributed by atoms with Gasteiger partial charge in [-0.25, -0.2) is 4.39 Å². The third-order valence-electron chi connectivity index (χ3n) is 3.58. The highest BCUT2D eigenvalue weighted by Gasteiger charge is 2.38. The van der Waals surface area contributed by atoms with Crippen LogP contribution in [0.5, 0.6) is 0 Å². The van der Waals surface area contributed by atoms with Crippen LogP contribution in [0.3, 0.4) is 0 Å². The molecule has 19 heavy (non-hydrogen) atoms. The molecule has 1 aromatic carbocycles. The smallest absolute Gasteiger partial charge is 0.308 e. The number of halogens is 1. The van der Waals surface area contributed by atoms with Gasteiger partial charge in [0.25, 0.3) is 5.91 Å². The first kappa shape index (κ1) is 13.3. The van der Waals surface area contributed by atoms with Gasteiger partial charge in [-0.2, -0.15) is 0 Å². The van der Waals surface area contributed by atoms with Gasteiger partial charge in [-0.15, -0.1) is 0 Å². The van der Waals surface area contributed by atoms with E-state index in [1.54, 1.807) is 6.92 Å². The summed E-state index contributed by atoms with van der Waals surface area (Å²) in [5.74, 6) is -2.47. The van der Waals surface area contributed by atoms with Crippen LogP contribution in [0.15, 0.2) is 18.2 Å². The summed E-state index contributed by atoms with van der Waals surface area (Å²) in [6.07, 6.45) is 0.400. The van der Waals surface area contributed by atoms with E-state index in [1.165, 1.54) is 17.0 Å². The van der Waals surface area contributed by atoms with E-state index in [4.69, 9.17) is 10.8 Å². The summed E-state index contributed by atoms with van der Waals surface area (Å²) in [5.41, 5.74) is 5.94. The predicted molar refractivity (Wildman–Crippen MR) is 67.1 cm³/mol. The van der Waals surface area contributed by atoms with Crippen molar-refractivity contribution in [3.05, 3.63) is 29.6 Å². The molecule has 1 fully saturated rings. The van der Waals surface area contributed by atoms with E-state index in [2.05, 4.69) is 0 Å². The second-order valence-electron chi connectivity index (χ2n) is 4.70. The molecule has 1 saturated heterocycles. The molecule has 102 valence electrons. The van der Waals surface area contributed by atoms with Crippen LogP contribution < -0.4 is 5.73 Å². The van der Waals surface area contributed by atoms with E-state index in [-0.39, 0.29) is 11.3 Å². The maximum absolute atomic E-state index is 13.2. The lowest BCUT2D eigenvalue weighted by Gasteiger charge is -2.23. The molecule has 6 heteroatoms. The van der Waals surface area contributed by atoms with Crippen LogP contribution in [-0.2, 0) is 4.79 Å². The summed E-state index contributed by atoms with van der Waals surface area (Å²) >= 11 is 0. The lowest BCUT2D eigenvalue weighted by atomic mass is 10.0. The van der Waals surface area contributed by atoms with Crippen molar-refractivity contribution in [1.29, 1.82) is 0 Å². The Morgan fingerprint density at radius 2 is 2.16 bits per heavy atom. The fraction of sp³-hybridized carbons (Fsp3) is 0.385. The van der Waals surface area contributed by atoms with Gasteiger partial charge in [0.05, 0.1) is 11.5 Å². The van der Waals surface area contributed by atoms with Gasteiger partial charge in [0.15, 0.2) is 0 Å². The molecule has 1 aliphatic heterocycles. The first-order valence-corrected chi connectivity index (χ1v) is 6.00. The topological polar surface area (TPSA) is 83.6 Å². The van der Waals surface area contributed by atoms with Crippen LogP contribution in [0, 0.1) is 11.7 Å². The predicted octanol–water partition coefficient (Wildman–Crippen LogP) is 1.34. The first-order chi connectivity index (χ1) is 8.91. The number of likely N-dealkylation sites (tertiary alicyclic amines) is 1. The number of carbonyl (C=O) groups is 2. The van der Waals surface area contributed by atoms with Gasteiger partial charge in [0.1, 0.15) is 5.82 Å². The Hall–Kier alpha value is -2.11. The molecule has 1 amide bonds. The summed E-state index contributed by atoms with van der Waals surface area (Å²) in [6.45, 7) is 2.02. The van der Waals surface area contributed by atoms with Crippen molar-refractivity contribution in [2.45, 2.75) is 19.4 Å². The highest BCUT2D eigenvalue weighted by atomic mass is 19.1. The van der Waals surface area contributed by atoms with Crippen LogP contribution in [0.2, 0.25) is 0 Å². The van der Waals surface area contributed by atoms with Gasteiger partial charge in [-0.3, -0.25) is 9.59 Å². The summed E-state index contributed by atoms with van der Waals surface area (Å²) in [7, 11) is 0. The molecule has 2 unspecified atom stereocenters. The lowest BCUT2D eigenvalue weighted by molar-refractivity contribution is -0.142. The molecule has 2 rings (SSSR count). The van der Waals surface area contributed by atoms with Crippen LogP contribution in [0.1, 0.15) is 23.7 Å². The molecule has 0 aliphatic carbocycles. The second kappa shape index (κ2) is 4.87. The van der Waals surface area contributed by atoms with Gasteiger partial charge in [-0.1, -0.05) is 0 Å². The van der Waals surface area contributed by atoms with Crippen LogP contribution in [0.25, 0.3) is 0 Å². The number of anilines is 1. The maximum Gasteiger partial charge on any atom is 0.308 e. The zero-order chi connectivity index (χ0) is 14.2. The standard InChI is InChI=1S/C13H15FN2O3/c1-7-9(13(18)19)4-5-16(7)12(17)10-6-8(14)2-3-11(10)15/h2-3,6-7,9H,4-5,15H2,1H3,(H,18,19). The van der Waals surface area contributed by atoms with Crippen molar-refractivity contribution in [2.24, 2.45) is 5.92 Å². The zero-order valence-electron chi connectivity index (χ0n) is 10.5. The molecule has 5 nitrogen and oxygen atoms in total.